The van der Waals surface area contributed by atoms with Crippen molar-refractivity contribution in [3.05, 3.63) is 70.2 Å². The Bertz CT molecular complexity index is 1290. The van der Waals surface area contributed by atoms with Crippen LogP contribution < -0.4 is 10.9 Å². The minimum absolute atomic E-state index is 0.0939. The molecule has 0 radical (unpaired) electrons. The summed E-state index contributed by atoms with van der Waals surface area (Å²) in [6, 6.07) is 14.5. The summed E-state index contributed by atoms with van der Waals surface area (Å²) >= 11 is 0. The lowest BCUT2D eigenvalue weighted by Gasteiger charge is -2.33. The molecule has 0 spiro atoms. The van der Waals surface area contributed by atoms with Gasteiger partial charge in [-0.15, -0.1) is 0 Å². The van der Waals surface area contributed by atoms with Crippen molar-refractivity contribution in [2.45, 2.75) is 59.0 Å². The number of benzene rings is 2. The smallest absolute Gasteiger partial charge is 0.366 e. The van der Waals surface area contributed by atoms with Crippen molar-refractivity contribution in [2.24, 2.45) is 5.41 Å². The van der Waals surface area contributed by atoms with E-state index in [1.54, 1.807) is 25.1 Å². The predicted octanol–water partition coefficient (Wildman–Crippen LogP) is 4.58. The van der Waals surface area contributed by atoms with E-state index in [2.05, 4.69) is 22.3 Å². The van der Waals surface area contributed by atoms with Crippen LogP contribution >= 0.6 is 0 Å². The van der Waals surface area contributed by atoms with Gasteiger partial charge in [0, 0.05) is 22.9 Å². The molecule has 0 saturated carbocycles. The van der Waals surface area contributed by atoms with Crippen molar-refractivity contribution in [2.75, 3.05) is 5.32 Å². The van der Waals surface area contributed by atoms with Crippen LogP contribution in [0.5, 0.6) is 0 Å². The standard InChI is InChI=1S/C27H30N2O4/c1-18-22-16-20(12-13-21(22)23(30)33-29-18)28-24(31)27(32,15-14-25(2,3)4)17-26(5,6)19-10-8-7-9-11-19/h7-13,16,32H,17H2,1-6H3,(H,28,31). The highest BCUT2D eigenvalue weighted by molar-refractivity contribution is 6.01. The molecule has 6 heteroatoms. The van der Waals surface area contributed by atoms with E-state index in [-0.39, 0.29) is 6.42 Å². The number of hydrogen-bond acceptors (Lipinski definition) is 5. The van der Waals surface area contributed by atoms with E-state index < -0.39 is 28.0 Å². The molecule has 3 aromatic rings. The third kappa shape index (κ3) is 5.68. The molecule has 1 unspecified atom stereocenters. The van der Waals surface area contributed by atoms with Crippen LogP contribution in [0, 0.1) is 24.2 Å². The van der Waals surface area contributed by atoms with Gasteiger partial charge >= 0.3 is 5.63 Å². The second-order valence-corrected chi connectivity index (χ2v) is 10.1. The molecule has 0 aliphatic rings. The van der Waals surface area contributed by atoms with Gasteiger partial charge in [-0.05, 0) is 56.9 Å². The zero-order valence-corrected chi connectivity index (χ0v) is 19.9. The van der Waals surface area contributed by atoms with Gasteiger partial charge in [-0.1, -0.05) is 61.2 Å². The number of anilines is 1. The third-order valence-electron chi connectivity index (χ3n) is 5.43. The summed E-state index contributed by atoms with van der Waals surface area (Å²) in [6.45, 7) is 11.4. The van der Waals surface area contributed by atoms with E-state index in [1.165, 1.54) is 0 Å². The van der Waals surface area contributed by atoms with E-state index in [0.717, 1.165) is 5.56 Å². The van der Waals surface area contributed by atoms with E-state index in [4.69, 9.17) is 4.52 Å². The van der Waals surface area contributed by atoms with Crippen molar-refractivity contribution in [1.29, 1.82) is 0 Å². The maximum Gasteiger partial charge on any atom is 0.366 e. The predicted molar refractivity (Wildman–Crippen MR) is 130 cm³/mol. The number of nitrogens with one attached hydrogen (secondary N) is 1. The molecule has 0 aliphatic carbocycles. The van der Waals surface area contributed by atoms with Gasteiger partial charge in [0.25, 0.3) is 5.91 Å². The topological polar surface area (TPSA) is 92.4 Å². The Morgan fingerprint density at radius 1 is 1.03 bits per heavy atom. The van der Waals surface area contributed by atoms with Gasteiger partial charge in [0.15, 0.2) is 0 Å². The fraction of sp³-hybridized carbons (Fsp3) is 0.370. The molecule has 0 fully saturated rings. The normalized spacial score (nSPS) is 13.7. The molecular formula is C27H30N2O4. The molecule has 1 aromatic heterocycles. The zero-order chi connectivity index (χ0) is 24.4. The minimum atomic E-state index is -1.94. The highest BCUT2D eigenvalue weighted by Gasteiger charge is 2.41. The van der Waals surface area contributed by atoms with Gasteiger partial charge in [-0.2, -0.15) is 0 Å². The SMILES string of the molecule is Cc1noc(=O)c2ccc(NC(=O)C(O)(C#CC(C)(C)C)CC(C)(C)c3ccccc3)cc12. The first-order valence-electron chi connectivity index (χ1n) is 10.8. The lowest BCUT2D eigenvalue weighted by atomic mass is 9.74. The quantitative estimate of drug-likeness (QED) is 0.560. The van der Waals surface area contributed by atoms with Crippen LogP contribution in [0.25, 0.3) is 10.8 Å². The lowest BCUT2D eigenvalue weighted by molar-refractivity contribution is -0.130. The molecule has 2 aromatic carbocycles. The summed E-state index contributed by atoms with van der Waals surface area (Å²) in [5.41, 5.74) is -1.47. The Kier molecular flexibility index (Phi) is 6.49. The lowest BCUT2D eigenvalue weighted by Crippen LogP contribution is -2.46. The molecular weight excluding hydrogens is 416 g/mol. The molecule has 0 aliphatic heterocycles. The summed E-state index contributed by atoms with van der Waals surface area (Å²) in [4.78, 5) is 25.3. The molecule has 172 valence electrons. The molecule has 0 saturated heterocycles. The number of aromatic nitrogens is 1. The van der Waals surface area contributed by atoms with Gasteiger partial charge in [0.1, 0.15) is 0 Å². The maximum absolute atomic E-state index is 13.4. The summed E-state index contributed by atoms with van der Waals surface area (Å²) < 4.78 is 4.76. The van der Waals surface area contributed by atoms with E-state index in [0.29, 0.717) is 22.2 Å². The molecule has 0 bridgehead atoms. The van der Waals surface area contributed by atoms with Crippen LogP contribution in [-0.4, -0.2) is 21.8 Å². The van der Waals surface area contributed by atoms with Crippen LogP contribution in [0.1, 0.15) is 52.3 Å². The Morgan fingerprint density at radius 2 is 1.70 bits per heavy atom. The van der Waals surface area contributed by atoms with Crippen molar-refractivity contribution >= 4 is 22.4 Å². The first-order valence-corrected chi connectivity index (χ1v) is 10.8. The van der Waals surface area contributed by atoms with Crippen LogP contribution in [0.2, 0.25) is 0 Å². The van der Waals surface area contributed by atoms with Crippen molar-refractivity contribution < 1.29 is 14.4 Å². The summed E-state index contributed by atoms with van der Waals surface area (Å²) in [5, 5.41) is 19.0. The largest absolute Gasteiger partial charge is 0.369 e. The van der Waals surface area contributed by atoms with Crippen molar-refractivity contribution in [1.82, 2.24) is 5.16 Å². The Balaban J connectivity index is 1.99. The second-order valence-electron chi connectivity index (χ2n) is 10.1. The summed E-state index contributed by atoms with van der Waals surface area (Å²) in [5.74, 6) is 5.25. The highest BCUT2D eigenvalue weighted by Crippen LogP contribution is 2.33. The highest BCUT2D eigenvalue weighted by atomic mass is 16.5. The summed E-state index contributed by atoms with van der Waals surface area (Å²) in [6.07, 6.45) is 0.0939. The maximum atomic E-state index is 13.4. The third-order valence-corrected chi connectivity index (χ3v) is 5.43. The number of aryl methyl sites for hydroxylation is 1. The zero-order valence-electron chi connectivity index (χ0n) is 19.9. The Labute approximate surface area is 194 Å². The number of nitrogens with zero attached hydrogens (tertiary/aromatic N) is 1. The first-order chi connectivity index (χ1) is 15.3. The van der Waals surface area contributed by atoms with Gasteiger partial charge in [0.05, 0.1) is 11.1 Å². The number of amides is 1. The van der Waals surface area contributed by atoms with Crippen molar-refractivity contribution in [3.63, 3.8) is 0 Å². The number of rotatable bonds is 5. The van der Waals surface area contributed by atoms with Crippen molar-refractivity contribution in [3.8, 4) is 11.8 Å². The Hall–Kier alpha value is -3.43. The Morgan fingerprint density at radius 3 is 2.33 bits per heavy atom. The van der Waals surface area contributed by atoms with E-state index in [1.807, 2.05) is 65.0 Å². The second kappa shape index (κ2) is 8.84. The first kappa shape index (κ1) is 24.2. The number of carbonyl (C=O) groups excluding carboxylic acids is 1. The average Bonchev–Trinajstić information content (AvgIpc) is 2.75. The number of carbonyl (C=O) groups is 1. The number of aliphatic hydroxyl groups is 1. The van der Waals surface area contributed by atoms with E-state index in [9.17, 15) is 14.7 Å². The molecule has 3 rings (SSSR count). The van der Waals surface area contributed by atoms with Crippen LogP contribution in [0.3, 0.4) is 0 Å². The fourth-order valence-corrected chi connectivity index (χ4v) is 3.65. The molecule has 1 amide bonds. The van der Waals surface area contributed by atoms with E-state index >= 15 is 0 Å². The fourth-order valence-electron chi connectivity index (χ4n) is 3.65. The molecule has 1 atom stereocenters. The monoisotopic (exact) mass is 446 g/mol. The van der Waals surface area contributed by atoms with Gasteiger partial charge in [-0.3, -0.25) is 4.79 Å². The average molecular weight is 447 g/mol. The minimum Gasteiger partial charge on any atom is -0.369 e. The molecule has 6 nitrogen and oxygen atoms in total. The molecule has 2 N–H and O–H groups in total. The summed E-state index contributed by atoms with van der Waals surface area (Å²) in [7, 11) is 0. The number of hydrogen-bond donors (Lipinski definition) is 2. The van der Waals surface area contributed by atoms with Crippen LogP contribution in [-0.2, 0) is 10.2 Å². The van der Waals surface area contributed by atoms with Gasteiger partial charge in [0.2, 0.25) is 5.60 Å². The molecule has 1 heterocycles. The van der Waals surface area contributed by atoms with Gasteiger partial charge < -0.3 is 14.9 Å². The van der Waals surface area contributed by atoms with Crippen LogP contribution in [0.4, 0.5) is 5.69 Å². The van der Waals surface area contributed by atoms with Crippen LogP contribution in [0.15, 0.2) is 57.8 Å². The van der Waals surface area contributed by atoms with Gasteiger partial charge in [-0.25, -0.2) is 4.79 Å². The number of fused-ring (bicyclic) bond motifs is 1. The molecule has 33 heavy (non-hydrogen) atoms.